The molecule has 0 unspecified atom stereocenters. The summed E-state index contributed by atoms with van der Waals surface area (Å²) >= 11 is 1.84. The molecule has 0 radical (unpaired) electrons. The van der Waals surface area contributed by atoms with E-state index in [1.165, 1.54) is 17.6 Å². The molecule has 0 aliphatic carbocycles. The Labute approximate surface area is 122 Å². The van der Waals surface area contributed by atoms with Crippen molar-refractivity contribution < 1.29 is 13.9 Å². The zero-order valence-corrected chi connectivity index (χ0v) is 12.5. The molecule has 5 heteroatoms. The maximum absolute atomic E-state index is 11.5. The Hall–Kier alpha value is -1.59. The molecule has 20 heavy (non-hydrogen) atoms. The van der Waals surface area contributed by atoms with Gasteiger partial charge in [-0.05, 0) is 36.4 Å². The topological polar surface area (TPSA) is 42.7 Å². The second kappa shape index (κ2) is 5.42. The minimum Gasteiger partial charge on any atom is -0.463 e. The fraction of sp³-hybridized carbons (Fsp3) is 0.400. The van der Waals surface area contributed by atoms with Crippen LogP contribution in [0.15, 0.2) is 21.9 Å². The highest BCUT2D eigenvalue weighted by molar-refractivity contribution is 7.10. The van der Waals surface area contributed by atoms with Gasteiger partial charge in [0, 0.05) is 23.5 Å². The average molecular weight is 291 g/mol. The summed E-state index contributed by atoms with van der Waals surface area (Å²) < 4.78 is 10.3. The Morgan fingerprint density at radius 2 is 2.40 bits per heavy atom. The van der Waals surface area contributed by atoms with E-state index in [-0.39, 0.29) is 0 Å². The molecule has 1 aliphatic heterocycles. The fourth-order valence-corrected chi connectivity index (χ4v) is 3.47. The second-order valence-corrected chi connectivity index (χ2v) is 6.05. The average Bonchev–Trinajstić information content (AvgIpc) is 3.04. The summed E-state index contributed by atoms with van der Waals surface area (Å²) in [5.41, 5.74) is 2.25. The normalized spacial score (nSPS) is 15.1. The highest BCUT2D eigenvalue weighted by Crippen LogP contribution is 2.26. The highest BCUT2D eigenvalue weighted by Gasteiger charge is 2.21. The van der Waals surface area contributed by atoms with Crippen LogP contribution < -0.4 is 0 Å². The number of fused-ring (bicyclic) bond motifs is 1. The molecule has 0 amide bonds. The third kappa shape index (κ3) is 2.51. The Kier molecular flexibility index (Phi) is 3.63. The first-order valence-electron chi connectivity index (χ1n) is 6.62. The third-order valence-electron chi connectivity index (χ3n) is 3.61. The molecule has 0 aromatic carbocycles. The summed E-state index contributed by atoms with van der Waals surface area (Å²) in [6.07, 6.45) is 1.09. The second-order valence-electron chi connectivity index (χ2n) is 5.05. The van der Waals surface area contributed by atoms with Crippen LogP contribution in [0.2, 0.25) is 0 Å². The van der Waals surface area contributed by atoms with Crippen molar-refractivity contribution >= 4 is 17.3 Å². The van der Waals surface area contributed by atoms with Crippen LogP contribution in [0.3, 0.4) is 0 Å². The van der Waals surface area contributed by atoms with E-state index in [0.717, 1.165) is 37.4 Å². The van der Waals surface area contributed by atoms with Crippen molar-refractivity contribution in [2.24, 2.45) is 0 Å². The molecule has 0 atom stereocenters. The number of aryl methyl sites for hydroxylation is 1. The third-order valence-corrected chi connectivity index (χ3v) is 4.63. The zero-order valence-electron chi connectivity index (χ0n) is 11.6. The molecule has 0 spiro atoms. The number of furan rings is 1. The summed E-state index contributed by atoms with van der Waals surface area (Å²) in [7, 11) is 1.37. The zero-order chi connectivity index (χ0) is 14.1. The van der Waals surface area contributed by atoms with Gasteiger partial charge in [-0.2, -0.15) is 0 Å². The van der Waals surface area contributed by atoms with Gasteiger partial charge in [0.25, 0.3) is 0 Å². The quantitative estimate of drug-likeness (QED) is 0.815. The SMILES string of the molecule is COC(=O)c1oc(CN2CCc3sccc3C2)cc1C. The van der Waals surface area contributed by atoms with Crippen molar-refractivity contribution in [2.75, 3.05) is 13.7 Å². The van der Waals surface area contributed by atoms with E-state index in [0.29, 0.717) is 5.76 Å². The van der Waals surface area contributed by atoms with Crippen LogP contribution in [0.1, 0.15) is 32.3 Å². The van der Waals surface area contributed by atoms with Crippen molar-refractivity contribution in [3.63, 3.8) is 0 Å². The predicted molar refractivity (Wildman–Crippen MR) is 76.9 cm³/mol. The Morgan fingerprint density at radius 1 is 1.55 bits per heavy atom. The number of thiophene rings is 1. The summed E-state index contributed by atoms with van der Waals surface area (Å²) in [5.74, 6) is 0.727. The number of methoxy groups -OCH3 is 1. The van der Waals surface area contributed by atoms with E-state index in [1.54, 1.807) is 0 Å². The molecule has 0 saturated carbocycles. The Bertz CT molecular complexity index is 629. The summed E-state index contributed by atoms with van der Waals surface area (Å²) in [6, 6.07) is 4.12. The molecule has 0 N–H and O–H groups in total. The van der Waals surface area contributed by atoms with Gasteiger partial charge in [-0.1, -0.05) is 0 Å². The smallest absolute Gasteiger partial charge is 0.374 e. The lowest BCUT2D eigenvalue weighted by atomic mass is 10.1. The first-order chi connectivity index (χ1) is 9.67. The standard InChI is InChI=1S/C15H17NO3S/c1-10-7-12(19-14(10)15(17)18-2)9-16-5-3-13-11(8-16)4-6-20-13/h4,6-7H,3,5,8-9H2,1-2H3. The Balaban J connectivity index is 1.71. The molecule has 2 aromatic heterocycles. The lowest BCUT2D eigenvalue weighted by Gasteiger charge is -2.25. The lowest BCUT2D eigenvalue weighted by Crippen LogP contribution is -2.28. The van der Waals surface area contributed by atoms with Gasteiger partial charge in [0.2, 0.25) is 5.76 Å². The monoisotopic (exact) mass is 291 g/mol. The van der Waals surface area contributed by atoms with Crippen molar-refractivity contribution in [3.8, 4) is 0 Å². The predicted octanol–water partition coefficient (Wildman–Crippen LogP) is 2.99. The van der Waals surface area contributed by atoms with Crippen LogP contribution >= 0.6 is 11.3 Å². The van der Waals surface area contributed by atoms with Crippen molar-refractivity contribution in [2.45, 2.75) is 26.4 Å². The highest BCUT2D eigenvalue weighted by atomic mass is 32.1. The van der Waals surface area contributed by atoms with Gasteiger partial charge in [-0.25, -0.2) is 4.79 Å². The van der Waals surface area contributed by atoms with Gasteiger partial charge >= 0.3 is 5.97 Å². The molecule has 106 valence electrons. The lowest BCUT2D eigenvalue weighted by molar-refractivity contribution is 0.0559. The van der Waals surface area contributed by atoms with E-state index >= 15 is 0 Å². The molecule has 3 heterocycles. The number of carbonyl (C=O) groups is 1. The van der Waals surface area contributed by atoms with E-state index in [2.05, 4.69) is 16.3 Å². The molecule has 4 nitrogen and oxygen atoms in total. The number of esters is 1. The number of hydrogen-bond acceptors (Lipinski definition) is 5. The van der Waals surface area contributed by atoms with E-state index < -0.39 is 5.97 Å². The molecule has 0 saturated heterocycles. The van der Waals surface area contributed by atoms with Crippen LogP contribution in [0, 0.1) is 6.92 Å². The van der Waals surface area contributed by atoms with E-state index in [9.17, 15) is 4.79 Å². The summed E-state index contributed by atoms with van der Waals surface area (Å²) in [4.78, 5) is 15.4. The number of carbonyl (C=O) groups excluding carboxylic acids is 1. The van der Waals surface area contributed by atoms with Gasteiger partial charge in [0.1, 0.15) is 5.76 Å². The number of nitrogens with zero attached hydrogens (tertiary/aromatic N) is 1. The first-order valence-corrected chi connectivity index (χ1v) is 7.50. The van der Waals surface area contributed by atoms with Gasteiger partial charge in [0.15, 0.2) is 0 Å². The number of rotatable bonds is 3. The van der Waals surface area contributed by atoms with Crippen LogP contribution in [-0.4, -0.2) is 24.5 Å². The first kappa shape index (κ1) is 13.4. The molecule has 3 rings (SSSR count). The maximum atomic E-state index is 11.5. The van der Waals surface area contributed by atoms with Gasteiger partial charge < -0.3 is 9.15 Å². The molecular weight excluding hydrogens is 274 g/mol. The number of hydrogen-bond donors (Lipinski definition) is 0. The van der Waals surface area contributed by atoms with Gasteiger partial charge in [0.05, 0.1) is 13.7 Å². The molecule has 0 bridgehead atoms. The Morgan fingerprint density at radius 3 is 3.20 bits per heavy atom. The van der Waals surface area contributed by atoms with Gasteiger partial charge in [-0.3, -0.25) is 4.90 Å². The molecule has 0 fully saturated rings. The fourth-order valence-electron chi connectivity index (χ4n) is 2.58. The molecule has 2 aromatic rings. The minimum absolute atomic E-state index is 0.315. The van der Waals surface area contributed by atoms with Crippen LogP contribution in [0.25, 0.3) is 0 Å². The van der Waals surface area contributed by atoms with Crippen molar-refractivity contribution in [1.29, 1.82) is 0 Å². The number of ether oxygens (including phenoxy) is 1. The largest absolute Gasteiger partial charge is 0.463 e. The summed E-state index contributed by atoms with van der Waals surface area (Å²) in [5, 5.41) is 2.15. The van der Waals surface area contributed by atoms with Crippen molar-refractivity contribution in [1.82, 2.24) is 4.90 Å². The minimum atomic E-state index is -0.410. The van der Waals surface area contributed by atoms with Crippen LogP contribution in [0.5, 0.6) is 0 Å². The van der Waals surface area contributed by atoms with E-state index in [1.807, 2.05) is 24.3 Å². The van der Waals surface area contributed by atoms with Crippen molar-refractivity contribution in [3.05, 3.63) is 45.0 Å². The van der Waals surface area contributed by atoms with Crippen LogP contribution in [0.4, 0.5) is 0 Å². The van der Waals surface area contributed by atoms with Crippen LogP contribution in [-0.2, 0) is 24.2 Å². The molecular formula is C15H17NO3S. The summed E-state index contributed by atoms with van der Waals surface area (Å²) in [6.45, 7) is 4.58. The van der Waals surface area contributed by atoms with Gasteiger partial charge in [-0.15, -0.1) is 11.3 Å². The van der Waals surface area contributed by atoms with E-state index in [4.69, 9.17) is 9.15 Å². The molecule has 1 aliphatic rings. The maximum Gasteiger partial charge on any atom is 0.374 e.